The second kappa shape index (κ2) is 6.90. The third-order valence-corrected chi connectivity index (χ3v) is 3.85. The molecule has 0 unspecified atom stereocenters. The van der Waals surface area contributed by atoms with Crippen LogP contribution in [0.25, 0.3) is 0 Å². The molecule has 0 fully saturated rings. The molecule has 9 heteroatoms. The molecule has 1 rings (SSSR count). The number of carboxylic acid groups (broad SMARTS) is 1. The molecule has 0 atom stereocenters. The molecule has 0 amide bonds. The Bertz CT molecular complexity index is 599. The largest absolute Gasteiger partial charge is 0.478 e. The molecule has 0 spiro atoms. The van der Waals surface area contributed by atoms with Gasteiger partial charge in [-0.15, -0.1) is 0 Å². The molecular formula is C12H14F3NO4S. The van der Waals surface area contributed by atoms with Crippen LogP contribution in [-0.4, -0.2) is 32.2 Å². The normalized spacial score (nSPS) is 12.3. The van der Waals surface area contributed by atoms with Crippen molar-refractivity contribution in [1.29, 1.82) is 0 Å². The molecule has 21 heavy (non-hydrogen) atoms. The van der Waals surface area contributed by atoms with E-state index in [2.05, 4.69) is 4.72 Å². The van der Waals surface area contributed by atoms with Gasteiger partial charge in [-0.05, 0) is 24.1 Å². The lowest BCUT2D eigenvalue weighted by molar-refractivity contribution is -0.135. The summed E-state index contributed by atoms with van der Waals surface area (Å²) in [5.74, 6) is -1.67. The summed E-state index contributed by atoms with van der Waals surface area (Å²) in [6.45, 7) is -0.319. The van der Waals surface area contributed by atoms with Crippen LogP contribution in [0.4, 0.5) is 13.2 Å². The molecule has 118 valence electrons. The molecule has 1 aromatic carbocycles. The molecule has 0 aromatic heterocycles. The average molecular weight is 325 g/mol. The molecule has 0 aliphatic rings. The summed E-state index contributed by atoms with van der Waals surface area (Å²) in [5, 5.41) is 8.79. The number of carboxylic acids is 1. The van der Waals surface area contributed by atoms with E-state index in [0.29, 0.717) is 0 Å². The van der Waals surface area contributed by atoms with Crippen LogP contribution < -0.4 is 4.72 Å². The van der Waals surface area contributed by atoms with Gasteiger partial charge < -0.3 is 5.11 Å². The van der Waals surface area contributed by atoms with Gasteiger partial charge in [-0.2, -0.15) is 13.2 Å². The lowest BCUT2D eigenvalue weighted by atomic mass is 10.1. The molecule has 0 heterocycles. The first-order chi connectivity index (χ1) is 9.59. The van der Waals surface area contributed by atoms with E-state index in [1.807, 2.05) is 0 Å². The number of nitrogens with one attached hydrogen (secondary N) is 1. The Morgan fingerprint density at radius 1 is 1.29 bits per heavy atom. The number of hydrogen-bond donors (Lipinski definition) is 2. The molecular weight excluding hydrogens is 311 g/mol. The number of rotatable bonds is 7. The van der Waals surface area contributed by atoms with E-state index in [1.165, 1.54) is 24.3 Å². The fourth-order valence-corrected chi connectivity index (χ4v) is 2.76. The van der Waals surface area contributed by atoms with Gasteiger partial charge in [-0.3, -0.25) is 0 Å². The average Bonchev–Trinajstić information content (AvgIpc) is 2.33. The van der Waals surface area contributed by atoms with Crippen LogP contribution in [0.2, 0.25) is 0 Å². The van der Waals surface area contributed by atoms with Gasteiger partial charge in [0.2, 0.25) is 10.0 Å². The standard InChI is InChI=1S/C12H14F3NO4S/c13-12(14,15)5-2-6-16-21(19,20)8-9-3-1-4-10(7-9)11(17)18/h1,3-4,7,16H,2,5-6,8H2,(H,17,18). The first-order valence-corrected chi connectivity index (χ1v) is 7.61. The van der Waals surface area contributed by atoms with Gasteiger partial charge in [0.25, 0.3) is 0 Å². The minimum Gasteiger partial charge on any atom is -0.478 e. The Labute approximate surface area is 119 Å². The molecule has 0 saturated heterocycles. The van der Waals surface area contributed by atoms with Gasteiger partial charge in [0, 0.05) is 13.0 Å². The second-order valence-corrected chi connectivity index (χ2v) is 6.18. The number of aromatic carboxylic acids is 1. The second-order valence-electron chi connectivity index (χ2n) is 4.38. The van der Waals surface area contributed by atoms with Crippen molar-refractivity contribution in [1.82, 2.24) is 4.72 Å². The van der Waals surface area contributed by atoms with Crippen molar-refractivity contribution in [2.75, 3.05) is 6.54 Å². The van der Waals surface area contributed by atoms with Crippen LogP contribution >= 0.6 is 0 Å². The summed E-state index contributed by atoms with van der Waals surface area (Å²) >= 11 is 0. The number of halogens is 3. The SMILES string of the molecule is O=C(O)c1cccc(CS(=O)(=O)NCCCC(F)(F)F)c1. The Morgan fingerprint density at radius 2 is 1.95 bits per heavy atom. The van der Waals surface area contributed by atoms with Gasteiger partial charge in [0.1, 0.15) is 0 Å². The van der Waals surface area contributed by atoms with Gasteiger partial charge in [0.15, 0.2) is 0 Å². The van der Waals surface area contributed by atoms with Crippen molar-refractivity contribution in [3.05, 3.63) is 35.4 Å². The highest BCUT2D eigenvalue weighted by Gasteiger charge is 2.26. The lowest BCUT2D eigenvalue weighted by Gasteiger charge is -2.08. The van der Waals surface area contributed by atoms with E-state index < -0.39 is 34.3 Å². The van der Waals surface area contributed by atoms with Crippen molar-refractivity contribution < 1.29 is 31.5 Å². The molecule has 0 aliphatic heterocycles. The number of carbonyl (C=O) groups is 1. The minimum atomic E-state index is -4.32. The Morgan fingerprint density at radius 3 is 2.52 bits per heavy atom. The smallest absolute Gasteiger partial charge is 0.389 e. The topological polar surface area (TPSA) is 83.5 Å². The van der Waals surface area contributed by atoms with Gasteiger partial charge in [-0.25, -0.2) is 17.9 Å². The van der Waals surface area contributed by atoms with E-state index in [-0.39, 0.29) is 24.1 Å². The molecule has 0 aliphatic carbocycles. The van der Waals surface area contributed by atoms with Crippen molar-refractivity contribution in [2.24, 2.45) is 0 Å². The summed E-state index contributed by atoms with van der Waals surface area (Å²) in [5.41, 5.74) is 0.193. The maximum absolute atomic E-state index is 11.9. The van der Waals surface area contributed by atoms with E-state index in [4.69, 9.17) is 5.11 Å². The zero-order valence-electron chi connectivity index (χ0n) is 10.9. The highest BCUT2D eigenvalue weighted by Crippen LogP contribution is 2.20. The van der Waals surface area contributed by atoms with Crippen molar-refractivity contribution in [3.63, 3.8) is 0 Å². The van der Waals surface area contributed by atoms with Crippen LogP contribution in [-0.2, 0) is 15.8 Å². The van der Waals surface area contributed by atoms with E-state index in [1.54, 1.807) is 0 Å². The van der Waals surface area contributed by atoms with E-state index >= 15 is 0 Å². The third kappa shape index (κ3) is 7.09. The van der Waals surface area contributed by atoms with Crippen molar-refractivity contribution in [2.45, 2.75) is 24.8 Å². The number of hydrogen-bond acceptors (Lipinski definition) is 3. The number of alkyl halides is 3. The summed E-state index contributed by atoms with van der Waals surface area (Å²) < 4.78 is 61.1. The molecule has 0 saturated carbocycles. The summed E-state index contributed by atoms with van der Waals surface area (Å²) in [6, 6.07) is 5.35. The summed E-state index contributed by atoms with van der Waals surface area (Å²) in [7, 11) is -3.81. The van der Waals surface area contributed by atoms with E-state index in [9.17, 15) is 26.4 Å². The van der Waals surface area contributed by atoms with Gasteiger partial charge in [-0.1, -0.05) is 12.1 Å². The quantitative estimate of drug-likeness (QED) is 0.753. The van der Waals surface area contributed by atoms with Crippen LogP contribution in [0.5, 0.6) is 0 Å². The predicted octanol–water partition coefficient (Wildman–Crippen LogP) is 2.15. The Hall–Kier alpha value is -1.61. The fraction of sp³-hybridized carbons (Fsp3) is 0.417. The van der Waals surface area contributed by atoms with Crippen LogP contribution in [0.1, 0.15) is 28.8 Å². The fourth-order valence-electron chi connectivity index (χ4n) is 1.58. The first kappa shape index (κ1) is 17.4. The molecule has 2 N–H and O–H groups in total. The number of sulfonamides is 1. The molecule has 1 aromatic rings. The van der Waals surface area contributed by atoms with Crippen LogP contribution in [0.15, 0.2) is 24.3 Å². The zero-order chi connectivity index (χ0) is 16.1. The van der Waals surface area contributed by atoms with Gasteiger partial charge in [0.05, 0.1) is 11.3 Å². The van der Waals surface area contributed by atoms with Crippen molar-refractivity contribution in [3.8, 4) is 0 Å². The maximum Gasteiger partial charge on any atom is 0.389 e. The first-order valence-electron chi connectivity index (χ1n) is 5.95. The minimum absolute atomic E-state index is 0.0558. The highest BCUT2D eigenvalue weighted by molar-refractivity contribution is 7.88. The van der Waals surface area contributed by atoms with Crippen molar-refractivity contribution >= 4 is 16.0 Å². The number of benzene rings is 1. The lowest BCUT2D eigenvalue weighted by Crippen LogP contribution is -2.27. The zero-order valence-corrected chi connectivity index (χ0v) is 11.7. The maximum atomic E-state index is 11.9. The molecule has 0 radical (unpaired) electrons. The van der Waals surface area contributed by atoms with Gasteiger partial charge >= 0.3 is 12.1 Å². The molecule has 0 bridgehead atoms. The summed E-state index contributed by atoms with van der Waals surface area (Å²) in [6.07, 6.45) is -5.73. The third-order valence-electron chi connectivity index (χ3n) is 2.49. The highest BCUT2D eigenvalue weighted by atomic mass is 32.2. The summed E-state index contributed by atoms with van der Waals surface area (Å²) in [4.78, 5) is 10.8. The Balaban J connectivity index is 2.56. The van der Waals surface area contributed by atoms with E-state index in [0.717, 1.165) is 0 Å². The van der Waals surface area contributed by atoms with Crippen LogP contribution in [0.3, 0.4) is 0 Å². The molecule has 5 nitrogen and oxygen atoms in total. The Kier molecular flexibility index (Phi) is 5.73. The predicted molar refractivity (Wildman–Crippen MR) is 69.3 cm³/mol. The van der Waals surface area contributed by atoms with Crippen LogP contribution in [0, 0.1) is 0 Å². The monoisotopic (exact) mass is 325 g/mol.